The highest BCUT2D eigenvalue weighted by molar-refractivity contribution is 9.10. The first-order valence-corrected chi connectivity index (χ1v) is 7.15. The molecule has 0 spiro atoms. The Kier molecular flexibility index (Phi) is 7.70. The Morgan fingerprint density at radius 3 is 2.84 bits per heavy atom. The predicted octanol–water partition coefficient (Wildman–Crippen LogP) is 2.68. The lowest BCUT2D eigenvalue weighted by molar-refractivity contribution is -0.148. The smallest absolute Gasteiger partial charge is 0.332 e. The Balaban J connectivity index is 2.19. The monoisotopic (exact) mass is 329 g/mol. The van der Waals surface area contributed by atoms with Gasteiger partial charge in [0.15, 0.2) is 0 Å². The van der Waals surface area contributed by atoms with Crippen LogP contribution in [0.4, 0.5) is 0 Å². The number of benzene rings is 1. The summed E-state index contributed by atoms with van der Waals surface area (Å²) in [5.74, 6) is -0.318. The number of hydrogen-bond donors (Lipinski definition) is 1. The average Bonchev–Trinajstić information content (AvgIpc) is 2.39. The van der Waals surface area contributed by atoms with Crippen LogP contribution in [0.2, 0.25) is 0 Å². The van der Waals surface area contributed by atoms with Gasteiger partial charge in [-0.25, -0.2) is 4.79 Å². The molecular formula is C14H20BrNO3. The fourth-order valence-corrected chi connectivity index (χ4v) is 2.27. The molecule has 0 saturated heterocycles. The number of carbonyl (C=O) groups is 1. The van der Waals surface area contributed by atoms with Crippen molar-refractivity contribution in [2.24, 2.45) is 0 Å². The first-order valence-electron chi connectivity index (χ1n) is 6.36. The zero-order valence-corrected chi connectivity index (χ0v) is 12.9. The highest BCUT2D eigenvalue weighted by Crippen LogP contribution is 2.22. The summed E-state index contributed by atoms with van der Waals surface area (Å²) >= 11 is 3.52. The van der Waals surface area contributed by atoms with Gasteiger partial charge in [0, 0.05) is 17.1 Å². The lowest BCUT2D eigenvalue weighted by atomic mass is 10.1. The molecule has 0 saturated carbocycles. The standard InChI is InChI=1S/C14H20BrNO3/c1-3-19-14(17)10-18-9-8-16-11(2)12-6-4-5-7-13(12)15/h4-7,11,16H,3,8-10H2,1-2H3/t11-/m1/s1. The Hall–Kier alpha value is -0.910. The van der Waals surface area contributed by atoms with E-state index in [9.17, 15) is 4.79 Å². The van der Waals surface area contributed by atoms with Crippen LogP contribution in [0.5, 0.6) is 0 Å². The molecule has 19 heavy (non-hydrogen) atoms. The number of carbonyl (C=O) groups excluding carboxylic acids is 1. The molecule has 5 heteroatoms. The van der Waals surface area contributed by atoms with Gasteiger partial charge in [-0.2, -0.15) is 0 Å². The van der Waals surface area contributed by atoms with E-state index in [1.165, 1.54) is 5.56 Å². The van der Waals surface area contributed by atoms with Crippen molar-refractivity contribution in [3.05, 3.63) is 34.3 Å². The van der Waals surface area contributed by atoms with E-state index in [1.807, 2.05) is 18.2 Å². The highest BCUT2D eigenvalue weighted by Gasteiger charge is 2.07. The van der Waals surface area contributed by atoms with Gasteiger partial charge in [-0.05, 0) is 25.5 Å². The summed E-state index contributed by atoms with van der Waals surface area (Å²) in [6.45, 7) is 5.43. The van der Waals surface area contributed by atoms with Crippen molar-refractivity contribution in [1.82, 2.24) is 5.32 Å². The molecule has 4 nitrogen and oxygen atoms in total. The topological polar surface area (TPSA) is 47.6 Å². The predicted molar refractivity (Wildman–Crippen MR) is 78.0 cm³/mol. The number of halogens is 1. The average molecular weight is 330 g/mol. The molecule has 0 aliphatic heterocycles. The van der Waals surface area contributed by atoms with Crippen LogP contribution in [0.25, 0.3) is 0 Å². The molecule has 0 fully saturated rings. The molecule has 1 rings (SSSR count). The van der Waals surface area contributed by atoms with Crippen molar-refractivity contribution in [2.75, 3.05) is 26.4 Å². The molecule has 1 aromatic rings. The highest BCUT2D eigenvalue weighted by atomic mass is 79.9. The molecule has 106 valence electrons. The SMILES string of the molecule is CCOC(=O)COCCN[C@H](C)c1ccccc1Br. The summed E-state index contributed by atoms with van der Waals surface area (Å²) in [6.07, 6.45) is 0. The van der Waals surface area contributed by atoms with Crippen LogP contribution in [0, 0.1) is 0 Å². The fraction of sp³-hybridized carbons (Fsp3) is 0.500. The Morgan fingerprint density at radius 2 is 2.16 bits per heavy atom. The van der Waals surface area contributed by atoms with Crippen LogP contribution < -0.4 is 5.32 Å². The molecular weight excluding hydrogens is 310 g/mol. The zero-order valence-electron chi connectivity index (χ0n) is 11.3. The minimum absolute atomic E-state index is 0.0128. The van der Waals surface area contributed by atoms with Crippen molar-refractivity contribution >= 4 is 21.9 Å². The number of ether oxygens (including phenoxy) is 2. The van der Waals surface area contributed by atoms with Gasteiger partial charge >= 0.3 is 5.97 Å². The molecule has 0 bridgehead atoms. The largest absolute Gasteiger partial charge is 0.464 e. The van der Waals surface area contributed by atoms with E-state index in [2.05, 4.69) is 34.2 Å². The van der Waals surface area contributed by atoms with Crippen LogP contribution in [0.15, 0.2) is 28.7 Å². The van der Waals surface area contributed by atoms with Crippen molar-refractivity contribution in [2.45, 2.75) is 19.9 Å². The second-order valence-electron chi connectivity index (χ2n) is 4.05. The normalized spacial score (nSPS) is 12.2. The number of nitrogens with one attached hydrogen (secondary N) is 1. The zero-order chi connectivity index (χ0) is 14.1. The summed E-state index contributed by atoms with van der Waals surface area (Å²) in [5, 5.41) is 3.34. The summed E-state index contributed by atoms with van der Waals surface area (Å²) in [5.41, 5.74) is 1.20. The lowest BCUT2D eigenvalue weighted by Crippen LogP contribution is -2.25. The third-order valence-corrected chi connectivity index (χ3v) is 3.32. The van der Waals surface area contributed by atoms with E-state index in [0.29, 0.717) is 19.8 Å². The number of esters is 1. The number of rotatable bonds is 8. The quantitative estimate of drug-likeness (QED) is 0.588. The summed E-state index contributed by atoms with van der Waals surface area (Å²) in [7, 11) is 0. The van der Waals surface area contributed by atoms with Gasteiger partial charge in [0.1, 0.15) is 6.61 Å². The Morgan fingerprint density at radius 1 is 1.42 bits per heavy atom. The Bertz CT molecular complexity index is 398. The van der Waals surface area contributed by atoms with E-state index in [4.69, 9.17) is 9.47 Å². The molecule has 0 aliphatic rings. The summed E-state index contributed by atoms with van der Waals surface area (Å²) in [6, 6.07) is 8.31. The summed E-state index contributed by atoms with van der Waals surface area (Å²) in [4.78, 5) is 11.0. The van der Waals surface area contributed by atoms with E-state index < -0.39 is 0 Å². The van der Waals surface area contributed by atoms with Crippen LogP contribution in [-0.4, -0.2) is 32.3 Å². The molecule has 1 N–H and O–H groups in total. The van der Waals surface area contributed by atoms with E-state index in [1.54, 1.807) is 6.92 Å². The molecule has 0 heterocycles. The molecule has 0 aromatic heterocycles. The molecule has 1 atom stereocenters. The van der Waals surface area contributed by atoms with Gasteiger partial charge in [-0.1, -0.05) is 34.1 Å². The molecule has 1 aromatic carbocycles. The molecule has 0 radical (unpaired) electrons. The minimum atomic E-state index is -0.318. The number of hydrogen-bond acceptors (Lipinski definition) is 4. The first kappa shape index (κ1) is 16.1. The Labute approximate surface area is 122 Å². The van der Waals surface area contributed by atoms with E-state index in [-0.39, 0.29) is 18.6 Å². The van der Waals surface area contributed by atoms with E-state index in [0.717, 1.165) is 4.47 Å². The van der Waals surface area contributed by atoms with Crippen molar-refractivity contribution in [3.8, 4) is 0 Å². The second kappa shape index (κ2) is 9.07. The van der Waals surface area contributed by atoms with Crippen LogP contribution in [-0.2, 0) is 14.3 Å². The van der Waals surface area contributed by atoms with E-state index >= 15 is 0 Å². The van der Waals surface area contributed by atoms with Crippen molar-refractivity contribution < 1.29 is 14.3 Å². The lowest BCUT2D eigenvalue weighted by Gasteiger charge is -2.15. The molecule has 0 amide bonds. The van der Waals surface area contributed by atoms with Gasteiger partial charge in [0.25, 0.3) is 0 Å². The summed E-state index contributed by atoms with van der Waals surface area (Å²) < 4.78 is 11.1. The molecule has 0 aliphatic carbocycles. The van der Waals surface area contributed by atoms with Gasteiger partial charge in [0.2, 0.25) is 0 Å². The van der Waals surface area contributed by atoms with Crippen molar-refractivity contribution in [1.29, 1.82) is 0 Å². The second-order valence-corrected chi connectivity index (χ2v) is 4.91. The van der Waals surface area contributed by atoms with Gasteiger partial charge in [-0.15, -0.1) is 0 Å². The molecule has 0 unspecified atom stereocenters. The maximum absolute atomic E-state index is 11.0. The maximum atomic E-state index is 11.0. The first-order chi connectivity index (χ1) is 9.15. The fourth-order valence-electron chi connectivity index (χ4n) is 1.64. The van der Waals surface area contributed by atoms with Gasteiger partial charge < -0.3 is 14.8 Å². The van der Waals surface area contributed by atoms with Crippen LogP contribution in [0.1, 0.15) is 25.5 Å². The maximum Gasteiger partial charge on any atom is 0.332 e. The van der Waals surface area contributed by atoms with Crippen LogP contribution in [0.3, 0.4) is 0 Å². The van der Waals surface area contributed by atoms with Crippen molar-refractivity contribution in [3.63, 3.8) is 0 Å². The van der Waals surface area contributed by atoms with Gasteiger partial charge in [-0.3, -0.25) is 0 Å². The third-order valence-electron chi connectivity index (χ3n) is 2.59. The van der Waals surface area contributed by atoms with Crippen LogP contribution >= 0.6 is 15.9 Å². The van der Waals surface area contributed by atoms with Gasteiger partial charge in [0.05, 0.1) is 13.2 Å². The third kappa shape index (κ3) is 6.18. The minimum Gasteiger partial charge on any atom is -0.464 e.